The van der Waals surface area contributed by atoms with E-state index in [-0.39, 0.29) is 22.5 Å². The summed E-state index contributed by atoms with van der Waals surface area (Å²) in [4.78, 5) is 6.33. The number of H-pyrrole nitrogens is 1. The average molecular weight is 274 g/mol. The highest BCUT2D eigenvalue weighted by molar-refractivity contribution is 5.94. The lowest BCUT2D eigenvalue weighted by Gasteiger charge is -2.11. The van der Waals surface area contributed by atoms with Gasteiger partial charge in [0.05, 0.1) is 17.6 Å². The Balaban J connectivity index is 2.50. The van der Waals surface area contributed by atoms with Gasteiger partial charge in [0, 0.05) is 31.6 Å². The molecule has 0 spiro atoms. The van der Waals surface area contributed by atoms with Gasteiger partial charge in [0.2, 0.25) is 0 Å². The number of alkyl halides is 3. The predicted molar refractivity (Wildman–Crippen MR) is 65.9 cm³/mol. The van der Waals surface area contributed by atoms with Crippen LogP contribution in [-0.4, -0.2) is 30.2 Å². The lowest BCUT2D eigenvalue weighted by molar-refractivity contribution is -0.136. The molecule has 8 heteroatoms. The molecule has 19 heavy (non-hydrogen) atoms. The molecule has 2 heterocycles. The van der Waals surface area contributed by atoms with E-state index in [1.807, 2.05) is 0 Å². The first-order valence-electron chi connectivity index (χ1n) is 5.51. The van der Waals surface area contributed by atoms with Gasteiger partial charge in [-0.05, 0) is 0 Å². The second-order valence-corrected chi connectivity index (χ2v) is 3.94. The number of hydrogen-bond acceptors (Lipinski definition) is 4. The largest absolute Gasteiger partial charge is 0.418 e. The quantitative estimate of drug-likeness (QED) is 0.747. The van der Waals surface area contributed by atoms with Crippen molar-refractivity contribution in [2.24, 2.45) is 0 Å². The Kier molecular flexibility index (Phi) is 3.52. The van der Waals surface area contributed by atoms with Gasteiger partial charge in [-0.2, -0.15) is 13.2 Å². The third-order valence-corrected chi connectivity index (χ3v) is 2.59. The van der Waals surface area contributed by atoms with Crippen molar-refractivity contribution in [1.82, 2.24) is 9.97 Å². The minimum Gasteiger partial charge on any atom is -0.384 e. The first-order valence-corrected chi connectivity index (χ1v) is 5.51. The Labute approximate surface area is 107 Å². The number of halogens is 3. The topological polar surface area (TPSA) is 76.0 Å². The van der Waals surface area contributed by atoms with Gasteiger partial charge in [0.1, 0.15) is 11.5 Å². The molecule has 0 fully saturated rings. The van der Waals surface area contributed by atoms with Crippen LogP contribution in [0.1, 0.15) is 5.56 Å². The molecule has 0 atom stereocenters. The van der Waals surface area contributed by atoms with Crippen LogP contribution in [0.5, 0.6) is 0 Å². The summed E-state index contributed by atoms with van der Waals surface area (Å²) in [5.41, 5.74) is 5.18. The summed E-state index contributed by atoms with van der Waals surface area (Å²) in [5, 5.41) is 2.85. The summed E-state index contributed by atoms with van der Waals surface area (Å²) < 4.78 is 43.5. The summed E-state index contributed by atoms with van der Waals surface area (Å²) in [6, 6.07) is 1.38. The van der Waals surface area contributed by atoms with Crippen molar-refractivity contribution in [3.8, 4) is 0 Å². The van der Waals surface area contributed by atoms with Gasteiger partial charge in [-0.25, -0.2) is 4.98 Å². The lowest BCUT2D eigenvalue weighted by Crippen LogP contribution is -2.10. The molecule has 0 aliphatic rings. The zero-order valence-electron chi connectivity index (χ0n) is 10.1. The maximum Gasteiger partial charge on any atom is 0.418 e. The number of nitrogens with zero attached hydrogens (tertiary/aromatic N) is 1. The first-order chi connectivity index (χ1) is 8.93. The number of pyridine rings is 1. The highest BCUT2D eigenvalue weighted by atomic mass is 19.4. The summed E-state index contributed by atoms with van der Waals surface area (Å²) >= 11 is 0. The standard InChI is InChI=1S/C11H13F3N4O/c1-19-3-2-16-7-4-8(15)18-10-9(7)6(5-17-10)11(12,13)14/h4-5H,2-3H2,1H3,(H4,15,16,17,18). The normalized spacial score (nSPS) is 12.0. The second kappa shape index (κ2) is 4.96. The van der Waals surface area contributed by atoms with Gasteiger partial charge in [-0.3, -0.25) is 0 Å². The molecular weight excluding hydrogens is 261 g/mol. The van der Waals surface area contributed by atoms with Crippen LogP contribution in [-0.2, 0) is 10.9 Å². The lowest BCUT2D eigenvalue weighted by atomic mass is 10.1. The molecule has 0 amide bonds. The Morgan fingerprint density at radius 2 is 2.21 bits per heavy atom. The molecular formula is C11H13F3N4O. The van der Waals surface area contributed by atoms with E-state index in [1.165, 1.54) is 13.2 Å². The van der Waals surface area contributed by atoms with Gasteiger partial charge in [0.25, 0.3) is 0 Å². The van der Waals surface area contributed by atoms with Crippen molar-refractivity contribution in [3.05, 3.63) is 17.8 Å². The van der Waals surface area contributed by atoms with Crippen molar-refractivity contribution in [1.29, 1.82) is 0 Å². The first kappa shape index (κ1) is 13.5. The van der Waals surface area contributed by atoms with Crippen molar-refractivity contribution < 1.29 is 17.9 Å². The number of aromatic nitrogens is 2. The van der Waals surface area contributed by atoms with Gasteiger partial charge in [-0.15, -0.1) is 0 Å². The van der Waals surface area contributed by atoms with E-state index < -0.39 is 11.7 Å². The van der Waals surface area contributed by atoms with Crippen molar-refractivity contribution in [2.75, 3.05) is 31.3 Å². The van der Waals surface area contributed by atoms with Crippen LogP contribution < -0.4 is 11.1 Å². The van der Waals surface area contributed by atoms with Crippen LogP contribution >= 0.6 is 0 Å². The number of nitrogens with one attached hydrogen (secondary N) is 2. The molecule has 4 N–H and O–H groups in total. The summed E-state index contributed by atoms with van der Waals surface area (Å²) in [5.74, 6) is 0.142. The van der Waals surface area contributed by atoms with Crippen LogP contribution in [0, 0.1) is 0 Å². The monoisotopic (exact) mass is 274 g/mol. The Morgan fingerprint density at radius 3 is 2.84 bits per heavy atom. The van der Waals surface area contributed by atoms with Crippen molar-refractivity contribution in [3.63, 3.8) is 0 Å². The third kappa shape index (κ3) is 2.73. The number of methoxy groups -OCH3 is 1. The molecule has 0 saturated carbocycles. The maximum absolute atomic E-state index is 12.9. The summed E-state index contributed by atoms with van der Waals surface area (Å²) in [6.45, 7) is 0.743. The second-order valence-electron chi connectivity index (χ2n) is 3.94. The van der Waals surface area contributed by atoms with Crippen LogP contribution in [0.25, 0.3) is 11.0 Å². The average Bonchev–Trinajstić information content (AvgIpc) is 2.72. The van der Waals surface area contributed by atoms with Crippen LogP contribution in [0.4, 0.5) is 24.7 Å². The number of nitrogen functional groups attached to an aromatic ring is 1. The maximum atomic E-state index is 12.9. The molecule has 104 valence electrons. The number of anilines is 2. The van der Waals surface area contributed by atoms with Crippen LogP contribution in [0.15, 0.2) is 12.3 Å². The third-order valence-electron chi connectivity index (χ3n) is 2.59. The molecule has 0 unspecified atom stereocenters. The summed E-state index contributed by atoms with van der Waals surface area (Å²) in [7, 11) is 1.51. The number of ether oxygens (including phenoxy) is 1. The SMILES string of the molecule is COCCNc1cc(N)nc2[nH]cc(C(F)(F)F)c12. The fraction of sp³-hybridized carbons (Fsp3) is 0.364. The van der Waals surface area contributed by atoms with E-state index in [0.717, 1.165) is 6.20 Å². The fourth-order valence-corrected chi connectivity index (χ4v) is 1.81. The smallest absolute Gasteiger partial charge is 0.384 e. The number of nitrogens with two attached hydrogens (primary N) is 1. The molecule has 0 aromatic carbocycles. The van der Waals surface area contributed by atoms with Gasteiger partial charge >= 0.3 is 6.18 Å². The highest BCUT2D eigenvalue weighted by Crippen LogP contribution is 2.38. The van der Waals surface area contributed by atoms with E-state index in [4.69, 9.17) is 10.5 Å². The number of aromatic amines is 1. The van der Waals surface area contributed by atoms with Crippen molar-refractivity contribution in [2.45, 2.75) is 6.18 Å². The molecule has 2 rings (SSSR count). The number of fused-ring (bicyclic) bond motifs is 1. The Hall–Kier alpha value is -1.96. The zero-order valence-corrected chi connectivity index (χ0v) is 10.1. The molecule has 2 aromatic heterocycles. The van der Waals surface area contributed by atoms with Gasteiger partial charge < -0.3 is 20.8 Å². The molecule has 0 aliphatic carbocycles. The van der Waals surface area contributed by atoms with E-state index in [9.17, 15) is 13.2 Å². The predicted octanol–water partition coefficient (Wildman–Crippen LogP) is 2.22. The molecule has 0 aliphatic heterocycles. The van der Waals surface area contributed by atoms with E-state index in [1.54, 1.807) is 0 Å². The molecule has 0 radical (unpaired) electrons. The van der Waals surface area contributed by atoms with Gasteiger partial charge in [0.15, 0.2) is 0 Å². The number of rotatable bonds is 4. The fourth-order valence-electron chi connectivity index (χ4n) is 1.81. The Morgan fingerprint density at radius 1 is 1.47 bits per heavy atom. The minimum absolute atomic E-state index is 0.0159. The van der Waals surface area contributed by atoms with Crippen molar-refractivity contribution >= 4 is 22.5 Å². The minimum atomic E-state index is -4.45. The molecule has 0 bridgehead atoms. The molecule has 2 aromatic rings. The highest BCUT2D eigenvalue weighted by Gasteiger charge is 2.35. The van der Waals surface area contributed by atoms with Crippen LogP contribution in [0.3, 0.4) is 0 Å². The zero-order chi connectivity index (χ0) is 14.0. The summed E-state index contributed by atoms with van der Waals surface area (Å²) in [6.07, 6.45) is -3.56. The number of hydrogen-bond donors (Lipinski definition) is 3. The van der Waals surface area contributed by atoms with Crippen LogP contribution in [0.2, 0.25) is 0 Å². The van der Waals surface area contributed by atoms with Gasteiger partial charge in [-0.1, -0.05) is 0 Å². The Bertz CT molecular complexity index is 579. The van der Waals surface area contributed by atoms with E-state index in [0.29, 0.717) is 13.2 Å². The van der Waals surface area contributed by atoms with E-state index >= 15 is 0 Å². The molecule has 5 nitrogen and oxygen atoms in total. The molecule has 0 saturated heterocycles. The van der Waals surface area contributed by atoms with E-state index in [2.05, 4.69) is 15.3 Å².